The van der Waals surface area contributed by atoms with Gasteiger partial charge >= 0.3 is 6.01 Å². The average Bonchev–Trinajstić information content (AvgIpc) is 2.95. The lowest BCUT2D eigenvalue weighted by atomic mass is 10.4. The minimum absolute atomic E-state index is 0.00480. The van der Waals surface area contributed by atoms with E-state index in [9.17, 15) is 0 Å². The summed E-state index contributed by atoms with van der Waals surface area (Å²) in [6.45, 7) is 7.17. The molecule has 0 aromatic carbocycles. The lowest BCUT2D eigenvalue weighted by Gasteiger charge is -2.11. The van der Waals surface area contributed by atoms with Gasteiger partial charge in [-0.25, -0.2) is 0 Å². The van der Waals surface area contributed by atoms with Gasteiger partial charge in [0.05, 0.1) is 12.6 Å². The maximum Gasteiger partial charge on any atom is 0.323 e. The molecule has 0 aliphatic carbocycles. The highest BCUT2D eigenvalue weighted by atomic mass is 16.5. The number of hydrogen-bond donors (Lipinski definition) is 2. The zero-order chi connectivity index (χ0) is 15.1. The molecule has 0 fully saturated rings. The average molecular weight is 292 g/mol. The number of aromatic nitrogens is 4. The Kier molecular flexibility index (Phi) is 5.30. The number of ether oxygens (including phenoxy) is 1. The van der Waals surface area contributed by atoms with Gasteiger partial charge < -0.3 is 19.9 Å². The van der Waals surface area contributed by atoms with Crippen LogP contribution in [-0.4, -0.2) is 32.8 Å². The summed E-state index contributed by atoms with van der Waals surface area (Å²) in [6, 6.07) is 2.07. The molecular formula is C13H20N6O2. The maximum atomic E-state index is 5.54. The van der Waals surface area contributed by atoms with Gasteiger partial charge in [-0.05, 0) is 20.3 Å². The molecule has 21 heavy (non-hydrogen) atoms. The lowest BCUT2D eigenvalue weighted by Crippen LogP contribution is -2.14. The molecule has 2 heterocycles. The monoisotopic (exact) mass is 292 g/mol. The van der Waals surface area contributed by atoms with Gasteiger partial charge in [0.2, 0.25) is 11.9 Å². The first kappa shape index (κ1) is 15.0. The van der Waals surface area contributed by atoms with Crippen LogP contribution in [0, 0.1) is 0 Å². The molecule has 2 aromatic heterocycles. The highest BCUT2D eigenvalue weighted by Gasteiger charge is 2.09. The summed E-state index contributed by atoms with van der Waals surface area (Å²) < 4.78 is 10.3. The summed E-state index contributed by atoms with van der Waals surface area (Å²) in [6.07, 6.45) is 2.49. The molecule has 8 heteroatoms. The van der Waals surface area contributed by atoms with Gasteiger partial charge in [0.1, 0.15) is 12.0 Å². The zero-order valence-electron chi connectivity index (χ0n) is 12.5. The van der Waals surface area contributed by atoms with Crippen LogP contribution in [0.25, 0.3) is 0 Å². The first-order chi connectivity index (χ1) is 10.2. The molecule has 0 radical (unpaired) electrons. The predicted molar refractivity (Wildman–Crippen MR) is 78.2 cm³/mol. The summed E-state index contributed by atoms with van der Waals surface area (Å²) >= 11 is 0. The Hall–Kier alpha value is -2.38. The Morgan fingerprint density at radius 3 is 2.57 bits per heavy atom. The molecule has 0 bridgehead atoms. The number of hydrogen-bond acceptors (Lipinski definition) is 8. The van der Waals surface area contributed by atoms with E-state index in [1.807, 2.05) is 13.8 Å². The molecule has 8 nitrogen and oxygen atoms in total. The number of nitrogens with zero attached hydrogens (tertiary/aromatic N) is 4. The van der Waals surface area contributed by atoms with Crippen molar-refractivity contribution in [2.75, 3.05) is 17.2 Å². The second-order valence-electron chi connectivity index (χ2n) is 4.70. The van der Waals surface area contributed by atoms with Crippen LogP contribution in [0.1, 0.15) is 32.9 Å². The quantitative estimate of drug-likeness (QED) is 0.763. The molecule has 0 saturated carbocycles. The van der Waals surface area contributed by atoms with Gasteiger partial charge in [-0.1, -0.05) is 12.1 Å². The number of anilines is 2. The van der Waals surface area contributed by atoms with E-state index in [0.717, 1.165) is 18.7 Å². The summed E-state index contributed by atoms with van der Waals surface area (Å²) in [5, 5.41) is 10.0. The van der Waals surface area contributed by atoms with E-state index in [4.69, 9.17) is 9.26 Å². The molecule has 0 unspecified atom stereocenters. The summed E-state index contributed by atoms with van der Waals surface area (Å²) in [5.41, 5.74) is 0.768. The summed E-state index contributed by atoms with van der Waals surface area (Å²) in [4.78, 5) is 12.7. The Bertz CT molecular complexity index is 544. The van der Waals surface area contributed by atoms with Crippen molar-refractivity contribution in [3.8, 4) is 6.01 Å². The Labute approximate surface area is 123 Å². The summed E-state index contributed by atoms with van der Waals surface area (Å²) in [5.74, 6) is 0.924. The molecular weight excluding hydrogens is 272 g/mol. The minimum atomic E-state index is -0.00480. The highest BCUT2D eigenvalue weighted by molar-refractivity contribution is 5.36. The molecule has 0 aliphatic heterocycles. The summed E-state index contributed by atoms with van der Waals surface area (Å²) in [7, 11) is 0. The Morgan fingerprint density at radius 2 is 1.95 bits per heavy atom. The van der Waals surface area contributed by atoms with Crippen LogP contribution in [0.15, 0.2) is 16.9 Å². The van der Waals surface area contributed by atoms with E-state index in [1.54, 1.807) is 6.07 Å². The van der Waals surface area contributed by atoms with Crippen LogP contribution in [-0.2, 0) is 6.54 Å². The molecule has 0 amide bonds. The highest BCUT2D eigenvalue weighted by Crippen LogP contribution is 2.13. The second-order valence-corrected chi connectivity index (χ2v) is 4.70. The van der Waals surface area contributed by atoms with Crippen molar-refractivity contribution in [1.29, 1.82) is 0 Å². The topological polar surface area (TPSA) is 98.0 Å². The first-order valence-electron chi connectivity index (χ1n) is 6.97. The fourth-order valence-electron chi connectivity index (χ4n) is 1.51. The largest absolute Gasteiger partial charge is 0.461 e. The normalized spacial score (nSPS) is 10.7. The smallest absolute Gasteiger partial charge is 0.323 e. The van der Waals surface area contributed by atoms with Crippen molar-refractivity contribution >= 4 is 11.9 Å². The molecule has 0 aliphatic rings. The number of rotatable bonds is 8. The Balaban J connectivity index is 2.09. The fraction of sp³-hybridized carbons (Fsp3) is 0.538. The lowest BCUT2D eigenvalue weighted by molar-refractivity contribution is 0.222. The third-order valence-electron chi connectivity index (χ3n) is 2.41. The van der Waals surface area contributed by atoms with Crippen molar-refractivity contribution in [3.05, 3.63) is 18.0 Å². The van der Waals surface area contributed by atoms with E-state index >= 15 is 0 Å². The minimum Gasteiger partial charge on any atom is -0.461 e. The van der Waals surface area contributed by atoms with E-state index in [2.05, 4.69) is 37.7 Å². The van der Waals surface area contributed by atoms with E-state index in [-0.39, 0.29) is 6.10 Å². The predicted octanol–water partition coefficient (Wildman–Crippen LogP) is 2.08. The molecule has 0 atom stereocenters. The van der Waals surface area contributed by atoms with Crippen molar-refractivity contribution in [3.63, 3.8) is 0 Å². The van der Waals surface area contributed by atoms with Crippen LogP contribution in [0.2, 0.25) is 0 Å². The zero-order valence-corrected chi connectivity index (χ0v) is 12.5. The standard InChI is InChI=1S/C13H20N6O2/c1-4-6-14-11-16-12(15-8-10-5-7-20-19-10)18-13(17-11)21-9(2)3/h5,7,9H,4,6,8H2,1-3H3,(H2,14,15,16,17,18). The maximum absolute atomic E-state index is 5.54. The van der Waals surface area contributed by atoms with E-state index in [0.29, 0.717) is 24.5 Å². The molecule has 2 aromatic rings. The van der Waals surface area contributed by atoms with Crippen LogP contribution in [0.5, 0.6) is 6.01 Å². The van der Waals surface area contributed by atoms with Crippen molar-refractivity contribution in [2.45, 2.75) is 39.8 Å². The Morgan fingerprint density at radius 1 is 1.19 bits per heavy atom. The van der Waals surface area contributed by atoms with E-state index in [1.165, 1.54) is 6.26 Å². The van der Waals surface area contributed by atoms with Gasteiger partial charge in [-0.15, -0.1) is 0 Å². The molecule has 0 saturated heterocycles. The fourth-order valence-corrected chi connectivity index (χ4v) is 1.51. The van der Waals surface area contributed by atoms with Crippen LogP contribution >= 0.6 is 0 Å². The third-order valence-corrected chi connectivity index (χ3v) is 2.41. The van der Waals surface area contributed by atoms with Crippen molar-refractivity contribution in [2.24, 2.45) is 0 Å². The van der Waals surface area contributed by atoms with Gasteiger partial charge in [0, 0.05) is 12.6 Å². The molecule has 2 rings (SSSR count). The van der Waals surface area contributed by atoms with Crippen LogP contribution < -0.4 is 15.4 Å². The number of nitrogens with one attached hydrogen (secondary N) is 2. The second kappa shape index (κ2) is 7.41. The molecule has 114 valence electrons. The van der Waals surface area contributed by atoms with Gasteiger partial charge in [-0.2, -0.15) is 15.0 Å². The van der Waals surface area contributed by atoms with Gasteiger partial charge in [0.25, 0.3) is 0 Å². The molecule has 0 spiro atoms. The first-order valence-corrected chi connectivity index (χ1v) is 6.97. The van der Waals surface area contributed by atoms with Crippen LogP contribution in [0.4, 0.5) is 11.9 Å². The van der Waals surface area contributed by atoms with Crippen molar-refractivity contribution in [1.82, 2.24) is 20.1 Å². The molecule has 2 N–H and O–H groups in total. The third kappa shape index (κ3) is 4.90. The van der Waals surface area contributed by atoms with Gasteiger partial charge in [-0.3, -0.25) is 0 Å². The van der Waals surface area contributed by atoms with Gasteiger partial charge in [0.15, 0.2) is 0 Å². The SMILES string of the molecule is CCCNc1nc(NCc2ccon2)nc(OC(C)C)n1. The van der Waals surface area contributed by atoms with E-state index < -0.39 is 0 Å². The van der Waals surface area contributed by atoms with Crippen molar-refractivity contribution < 1.29 is 9.26 Å². The van der Waals surface area contributed by atoms with Crippen LogP contribution in [0.3, 0.4) is 0 Å².